The molecule has 0 aromatic heterocycles. The minimum absolute atomic E-state index is 0.0135. The average molecular weight is 330 g/mol. The maximum Gasteiger partial charge on any atom is 0.317 e. The SMILES string of the molecule is O=C(NCCSCc1cccc2ccccc12)N1CC(CO)C1. The van der Waals surface area contributed by atoms with Crippen molar-refractivity contribution in [3.63, 3.8) is 0 Å². The number of likely N-dealkylation sites (tertiary alicyclic amines) is 1. The van der Waals surface area contributed by atoms with E-state index in [1.165, 1.54) is 16.3 Å². The highest BCUT2D eigenvalue weighted by atomic mass is 32.2. The molecule has 0 aliphatic carbocycles. The number of thioether (sulfide) groups is 1. The van der Waals surface area contributed by atoms with Crippen LogP contribution < -0.4 is 5.32 Å². The summed E-state index contributed by atoms with van der Waals surface area (Å²) in [5.74, 6) is 2.11. The van der Waals surface area contributed by atoms with Crippen molar-refractivity contribution < 1.29 is 9.90 Å². The first-order valence-electron chi connectivity index (χ1n) is 7.96. The summed E-state index contributed by atoms with van der Waals surface area (Å²) < 4.78 is 0. The van der Waals surface area contributed by atoms with Crippen LogP contribution in [0.15, 0.2) is 42.5 Å². The van der Waals surface area contributed by atoms with Gasteiger partial charge in [-0.3, -0.25) is 0 Å². The fourth-order valence-electron chi connectivity index (χ4n) is 2.79. The number of fused-ring (bicyclic) bond motifs is 1. The number of amides is 2. The zero-order valence-electron chi connectivity index (χ0n) is 13.1. The normalized spacial score (nSPS) is 14.7. The second kappa shape index (κ2) is 7.70. The summed E-state index contributed by atoms with van der Waals surface area (Å²) in [6.07, 6.45) is 0. The predicted molar refractivity (Wildman–Crippen MR) is 95.7 cm³/mol. The third-order valence-corrected chi connectivity index (χ3v) is 5.17. The van der Waals surface area contributed by atoms with E-state index in [0.29, 0.717) is 19.6 Å². The summed E-state index contributed by atoms with van der Waals surface area (Å²) in [5.41, 5.74) is 1.34. The Morgan fingerprint density at radius 2 is 2.00 bits per heavy atom. The first kappa shape index (κ1) is 16.1. The second-order valence-corrected chi connectivity index (χ2v) is 6.98. The molecular weight excluding hydrogens is 308 g/mol. The molecule has 1 aliphatic heterocycles. The Hall–Kier alpha value is -1.72. The highest BCUT2D eigenvalue weighted by Gasteiger charge is 2.29. The summed E-state index contributed by atoms with van der Waals surface area (Å²) in [7, 11) is 0. The molecule has 23 heavy (non-hydrogen) atoms. The van der Waals surface area contributed by atoms with E-state index in [9.17, 15) is 4.79 Å². The van der Waals surface area contributed by atoms with Gasteiger partial charge in [-0.25, -0.2) is 4.79 Å². The van der Waals surface area contributed by atoms with Crippen molar-refractivity contribution in [3.8, 4) is 0 Å². The number of rotatable bonds is 6. The van der Waals surface area contributed by atoms with E-state index in [4.69, 9.17) is 5.11 Å². The van der Waals surface area contributed by atoms with Gasteiger partial charge in [0.15, 0.2) is 0 Å². The lowest BCUT2D eigenvalue weighted by molar-refractivity contribution is 0.0779. The molecule has 5 heteroatoms. The van der Waals surface area contributed by atoms with Crippen LogP contribution in [-0.4, -0.2) is 48.0 Å². The van der Waals surface area contributed by atoms with Crippen LogP contribution in [0.4, 0.5) is 4.79 Å². The number of hydrogen-bond acceptors (Lipinski definition) is 3. The fourth-order valence-corrected chi connectivity index (χ4v) is 3.66. The monoisotopic (exact) mass is 330 g/mol. The number of hydrogen-bond donors (Lipinski definition) is 2. The van der Waals surface area contributed by atoms with Crippen LogP contribution in [-0.2, 0) is 5.75 Å². The Balaban J connectivity index is 1.39. The number of carbonyl (C=O) groups is 1. The largest absolute Gasteiger partial charge is 0.396 e. The topological polar surface area (TPSA) is 52.6 Å². The van der Waals surface area contributed by atoms with E-state index in [0.717, 1.165) is 11.5 Å². The molecule has 4 nitrogen and oxygen atoms in total. The third-order valence-electron chi connectivity index (χ3n) is 4.16. The van der Waals surface area contributed by atoms with Crippen molar-refractivity contribution >= 4 is 28.6 Å². The number of benzene rings is 2. The van der Waals surface area contributed by atoms with E-state index in [1.54, 1.807) is 4.90 Å². The molecule has 0 atom stereocenters. The van der Waals surface area contributed by atoms with Gasteiger partial charge < -0.3 is 15.3 Å². The first-order valence-corrected chi connectivity index (χ1v) is 9.11. The Bertz CT molecular complexity index is 666. The van der Waals surface area contributed by atoms with Crippen molar-refractivity contribution in [3.05, 3.63) is 48.0 Å². The van der Waals surface area contributed by atoms with E-state index in [2.05, 4.69) is 47.8 Å². The highest BCUT2D eigenvalue weighted by molar-refractivity contribution is 7.98. The lowest BCUT2D eigenvalue weighted by Crippen LogP contribution is -2.55. The van der Waals surface area contributed by atoms with Gasteiger partial charge in [0.25, 0.3) is 0 Å². The third kappa shape index (κ3) is 3.98. The molecule has 0 unspecified atom stereocenters. The van der Waals surface area contributed by atoms with Crippen LogP contribution in [0, 0.1) is 5.92 Å². The van der Waals surface area contributed by atoms with Crippen molar-refractivity contribution in [2.75, 3.05) is 32.0 Å². The number of aliphatic hydroxyl groups is 1. The van der Waals surface area contributed by atoms with Gasteiger partial charge in [0.1, 0.15) is 0 Å². The molecule has 2 amide bonds. The molecule has 3 rings (SSSR count). The molecule has 2 aromatic carbocycles. The van der Waals surface area contributed by atoms with E-state index in [-0.39, 0.29) is 18.6 Å². The molecule has 0 radical (unpaired) electrons. The number of carbonyl (C=O) groups excluding carboxylic acids is 1. The van der Waals surface area contributed by atoms with E-state index in [1.807, 2.05) is 11.8 Å². The Morgan fingerprint density at radius 3 is 2.83 bits per heavy atom. The van der Waals surface area contributed by atoms with Crippen LogP contribution in [0.5, 0.6) is 0 Å². The van der Waals surface area contributed by atoms with Crippen LogP contribution in [0.2, 0.25) is 0 Å². The molecule has 122 valence electrons. The highest BCUT2D eigenvalue weighted by Crippen LogP contribution is 2.22. The smallest absolute Gasteiger partial charge is 0.317 e. The van der Waals surface area contributed by atoms with Gasteiger partial charge in [0.05, 0.1) is 0 Å². The zero-order valence-corrected chi connectivity index (χ0v) is 13.9. The average Bonchev–Trinajstić information content (AvgIpc) is 2.54. The molecule has 0 spiro atoms. The van der Waals surface area contributed by atoms with Gasteiger partial charge in [-0.05, 0) is 16.3 Å². The van der Waals surface area contributed by atoms with Gasteiger partial charge >= 0.3 is 6.03 Å². The van der Waals surface area contributed by atoms with Crippen molar-refractivity contribution in [1.29, 1.82) is 0 Å². The summed E-state index contributed by atoms with van der Waals surface area (Å²) in [4.78, 5) is 13.6. The summed E-state index contributed by atoms with van der Waals surface area (Å²) in [5, 5.41) is 14.5. The molecule has 2 N–H and O–H groups in total. The molecular formula is C18H22N2O2S. The van der Waals surface area contributed by atoms with Gasteiger partial charge in [-0.1, -0.05) is 42.5 Å². The number of aliphatic hydroxyl groups excluding tert-OH is 1. The van der Waals surface area contributed by atoms with Crippen molar-refractivity contribution in [2.45, 2.75) is 5.75 Å². The number of urea groups is 1. The Labute approximate surface area is 140 Å². The van der Waals surface area contributed by atoms with Gasteiger partial charge in [-0.2, -0.15) is 11.8 Å². The van der Waals surface area contributed by atoms with E-state index >= 15 is 0 Å². The molecule has 1 aliphatic rings. The van der Waals surface area contributed by atoms with E-state index < -0.39 is 0 Å². The minimum Gasteiger partial charge on any atom is -0.396 e. The first-order chi connectivity index (χ1) is 11.3. The lowest BCUT2D eigenvalue weighted by Gasteiger charge is -2.38. The Kier molecular flexibility index (Phi) is 5.41. The molecule has 0 saturated carbocycles. The van der Waals surface area contributed by atoms with Gasteiger partial charge in [0, 0.05) is 43.7 Å². The van der Waals surface area contributed by atoms with Gasteiger partial charge in [-0.15, -0.1) is 0 Å². The van der Waals surface area contributed by atoms with Crippen molar-refractivity contribution in [2.24, 2.45) is 5.92 Å². The molecule has 2 aromatic rings. The van der Waals surface area contributed by atoms with Crippen LogP contribution in [0.25, 0.3) is 10.8 Å². The number of nitrogens with zero attached hydrogens (tertiary/aromatic N) is 1. The summed E-state index contributed by atoms with van der Waals surface area (Å²) >= 11 is 1.83. The van der Waals surface area contributed by atoms with Crippen LogP contribution in [0.3, 0.4) is 0 Å². The maximum absolute atomic E-state index is 11.8. The summed E-state index contributed by atoms with van der Waals surface area (Å²) in [6, 6.07) is 14.8. The molecule has 0 bridgehead atoms. The molecule has 1 saturated heterocycles. The second-order valence-electron chi connectivity index (χ2n) is 5.88. The molecule has 1 heterocycles. The van der Waals surface area contributed by atoms with Crippen LogP contribution in [0.1, 0.15) is 5.56 Å². The minimum atomic E-state index is -0.0135. The molecule has 1 fully saturated rings. The quantitative estimate of drug-likeness (QED) is 0.801. The lowest BCUT2D eigenvalue weighted by atomic mass is 10.0. The van der Waals surface area contributed by atoms with Crippen LogP contribution >= 0.6 is 11.8 Å². The predicted octanol–water partition coefficient (Wildman–Crippen LogP) is 2.71. The Morgan fingerprint density at radius 1 is 1.22 bits per heavy atom. The maximum atomic E-state index is 11.8. The van der Waals surface area contributed by atoms with Gasteiger partial charge in [0.2, 0.25) is 0 Å². The van der Waals surface area contributed by atoms with Crippen molar-refractivity contribution in [1.82, 2.24) is 10.2 Å². The zero-order chi connectivity index (χ0) is 16.1. The standard InChI is InChI=1S/C18H22N2O2S/c21-12-14-10-20(11-14)18(22)19-8-9-23-13-16-6-3-5-15-4-1-2-7-17(15)16/h1-7,14,21H,8-13H2,(H,19,22). The summed E-state index contributed by atoms with van der Waals surface area (Å²) in [6.45, 7) is 2.19. The number of nitrogens with one attached hydrogen (secondary N) is 1. The fraction of sp³-hybridized carbons (Fsp3) is 0.389.